The molecule has 0 N–H and O–H groups in total. The molecule has 9 nitrogen and oxygen atoms in total. The van der Waals surface area contributed by atoms with E-state index in [1.54, 1.807) is 0 Å². The van der Waals surface area contributed by atoms with Crippen LogP contribution in [0.5, 0.6) is 0 Å². The van der Waals surface area contributed by atoms with Crippen molar-refractivity contribution in [3.05, 3.63) is 0 Å². The molecule has 0 amide bonds. The zero-order valence-electron chi connectivity index (χ0n) is 19.1. The molecule has 4 atom stereocenters. The Hall–Kier alpha value is -2.16. The van der Waals surface area contributed by atoms with Gasteiger partial charge >= 0.3 is 23.9 Å². The molecule has 0 aliphatic carbocycles. The second-order valence-electron chi connectivity index (χ2n) is 7.49. The summed E-state index contributed by atoms with van der Waals surface area (Å²) in [5.41, 5.74) is 0. The van der Waals surface area contributed by atoms with Gasteiger partial charge in [0.05, 0.1) is 6.61 Å². The van der Waals surface area contributed by atoms with E-state index in [0.29, 0.717) is 25.7 Å². The van der Waals surface area contributed by atoms with Gasteiger partial charge in [0.1, 0.15) is 12.7 Å². The molecule has 0 aromatic heterocycles. The van der Waals surface area contributed by atoms with E-state index in [0.717, 1.165) is 0 Å². The van der Waals surface area contributed by atoms with Gasteiger partial charge in [-0.25, -0.2) is 0 Å². The van der Waals surface area contributed by atoms with E-state index in [4.69, 9.17) is 23.7 Å². The lowest BCUT2D eigenvalue weighted by Gasteiger charge is -2.28. The number of esters is 4. The Bertz CT molecular complexity index is 590. The van der Waals surface area contributed by atoms with Crippen LogP contribution >= 0.6 is 0 Å². The number of hydrogen-bond donors (Lipinski definition) is 0. The maximum absolute atomic E-state index is 12.2. The van der Waals surface area contributed by atoms with E-state index in [1.807, 2.05) is 27.7 Å². The molecule has 0 aromatic carbocycles. The van der Waals surface area contributed by atoms with Crippen molar-refractivity contribution in [2.24, 2.45) is 0 Å². The highest BCUT2D eigenvalue weighted by Gasteiger charge is 2.48. The van der Waals surface area contributed by atoms with Gasteiger partial charge in [-0.3, -0.25) is 19.2 Å². The van der Waals surface area contributed by atoms with Gasteiger partial charge in [0.15, 0.2) is 18.3 Å². The van der Waals surface area contributed by atoms with Crippen LogP contribution in [0.1, 0.15) is 79.1 Å². The van der Waals surface area contributed by atoms with Gasteiger partial charge in [0, 0.05) is 25.7 Å². The first-order chi connectivity index (χ1) is 14.9. The predicted octanol–water partition coefficient (Wildman–Crippen LogP) is 2.86. The molecular formula is C22H36O9. The zero-order chi connectivity index (χ0) is 23.2. The summed E-state index contributed by atoms with van der Waals surface area (Å²) in [6, 6.07) is 0. The predicted molar refractivity (Wildman–Crippen MR) is 110 cm³/mol. The van der Waals surface area contributed by atoms with E-state index in [-0.39, 0.29) is 38.9 Å². The Balaban J connectivity index is 3.01. The van der Waals surface area contributed by atoms with E-state index in [9.17, 15) is 19.2 Å². The van der Waals surface area contributed by atoms with Gasteiger partial charge < -0.3 is 23.7 Å². The molecule has 178 valence electrons. The van der Waals surface area contributed by atoms with Crippen molar-refractivity contribution in [2.75, 3.05) is 13.2 Å². The van der Waals surface area contributed by atoms with Crippen LogP contribution in [0.4, 0.5) is 0 Å². The van der Waals surface area contributed by atoms with Crippen molar-refractivity contribution in [2.45, 2.75) is 103 Å². The van der Waals surface area contributed by atoms with Gasteiger partial charge in [-0.05, 0) is 25.7 Å². The summed E-state index contributed by atoms with van der Waals surface area (Å²) >= 11 is 0. The van der Waals surface area contributed by atoms with Crippen LogP contribution in [0.15, 0.2) is 0 Å². The lowest BCUT2D eigenvalue weighted by molar-refractivity contribution is -0.179. The quantitative estimate of drug-likeness (QED) is 0.295. The van der Waals surface area contributed by atoms with Crippen molar-refractivity contribution >= 4 is 23.9 Å². The third-order valence-electron chi connectivity index (χ3n) is 4.57. The first-order valence-electron chi connectivity index (χ1n) is 11.2. The minimum absolute atomic E-state index is 0.0189. The van der Waals surface area contributed by atoms with Crippen molar-refractivity contribution < 1.29 is 42.9 Å². The van der Waals surface area contributed by atoms with Crippen LogP contribution in [0.2, 0.25) is 0 Å². The smallest absolute Gasteiger partial charge is 0.306 e. The van der Waals surface area contributed by atoms with Crippen LogP contribution < -0.4 is 0 Å². The highest BCUT2D eigenvalue weighted by Crippen LogP contribution is 2.27. The summed E-state index contributed by atoms with van der Waals surface area (Å²) in [7, 11) is 0. The second kappa shape index (κ2) is 14.8. The lowest BCUT2D eigenvalue weighted by atomic mass is 10.1. The van der Waals surface area contributed by atoms with Gasteiger partial charge in [-0.1, -0.05) is 27.7 Å². The molecule has 1 heterocycles. The summed E-state index contributed by atoms with van der Waals surface area (Å²) in [6.07, 6.45) is -0.497. The highest BCUT2D eigenvalue weighted by atomic mass is 16.7. The normalized spacial score (nSPS) is 21.2. The molecule has 0 spiro atoms. The Morgan fingerprint density at radius 3 is 1.87 bits per heavy atom. The number of ether oxygens (including phenoxy) is 5. The SMILES string of the molecule is CCCC(=O)OC[C@@H](OC(=O)CCC)[C@H]1OC[C@H](OC(=O)CCC)[C@H]1OC(=O)CCC. The van der Waals surface area contributed by atoms with E-state index in [2.05, 4.69) is 0 Å². The first kappa shape index (κ1) is 26.9. The van der Waals surface area contributed by atoms with E-state index < -0.39 is 48.3 Å². The van der Waals surface area contributed by atoms with Crippen LogP contribution in [0.25, 0.3) is 0 Å². The van der Waals surface area contributed by atoms with Crippen molar-refractivity contribution in [1.29, 1.82) is 0 Å². The van der Waals surface area contributed by atoms with Crippen molar-refractivity contribution in [3.63, 3.8) is 0 Å². The molecule has 0 unspecified atom stereocenters. The van der Waals surface area contributed by atoms with Crippen LogP contribution in [-0.2, 0) is 42.9 Å². The highest BCUT2D eigenvalue weighted by molar-refractivity contribution is 5.71. The minimum Gasteiger partial charge on any atom is -0.462 e. The van der Waals surface area contributed by atoms with E-state index >= 15 is 0 Å². The molecule has 1 aliphatic heterocycles. The number of hydrogen-bond acceptors (Lipinski definition) is 9. The molecular weight excluding hydrogens is 408 g/mol. The summed E-state index contributed by atoms with van der Waals surface area (Å²) < 4.78 is 27.5. The van der Waals surface area contributed by atoms with Crippen LogP contribution in [-0.4, -0.2) is 61.5 Å². The average molecular weight is 445 g/mol. The Kier molecular flexibility index (Phi) is 12.8. The Labute approximate surface area is 184 Å². The topological polar surface area (TPSA) is 114 Å². The molecule has 1 rings (SSSR count). The fourth-order valence-electron chi connectivity index (χ4n) is 3.10. The summed E-state index contributed by atoms with van der Waals surface area (Å²) in [5.74, 6) is -1.81. The van der Waals surface area contributed by atoms with Crippen molar-refractivity contribution in [3.8, 4) is 0 Å². The molecule has 1 saturated heterocycles. The maximum Gasteiger partial charge on any atom is 0.306 e. The first-order valence-corrected chi connectivity index (χ1v) is 11.2. The van der Waals surface area contributed by atoms with E-state index in [1.165, 1.54) is 0 Å². The summed E-state index contributed by atoms with van der Waals surface area (Å²) in [4.78, 5) is 48.2. The van der Waals surface area contributed by atoms with Gasteiger partial charge in [-0.15, -0.1) is 0 Å². The van der Waals surface area contributed by atoms with Crippen molar-refractivity contribution in [1.82, 2.24) is 0 Å². The Morgan fingerprint density at radius 2 is 1.29 bits per heavy atom. The Morgan fingerprint density at radius 1 is 0.774 bits per heavy atom. The lowest BCUT2D eigenvalue weighted by Crippen LogP contribution is -2.47. The molecule has 0 radical (unpaired) electrons. The second-order valence-corrected chi connectivity index (χ2v) is 7.49. The molecule has 0 bridgehead atoms. The zero-order valence-corrected chi connectivity index (χ0v) is 19.1. The molecule has 0 saturated carbocycles. The third-order valence-corrected chi connectivity index (χ3v) is 4.57. The molecule has 9 heteroatoms. The molecule has 1 aliphatic rings. The minimum atomic E-state index is -0.992. The van der Waals surface area contributed by atoms with Crippen LogP contribution in [0, 0.1) is 0 Å². The average Bonchev–Trinajstić information content (AvgIpc) is 3.08. The van der Waals surface area contributed by atoms with Gasteiger partial charge in [0.2, 0.25) is 0 Å². The monoisotopic (exact) mass is 444 g/mol. The number of rotatable bonds is 14. The molecule has 1 fully saturated rings. The maximum atomic E-state index is 12.2. The summed E-state index contributed by atoms with van der Waals surface area (Å²) in [6.45, 7) is 7.11. The van der Waals surface area contributed by atoms with Gasteiger partial charge in [0.25, 0.3) is 0 Å². The van der Waals surface area contributed by atoms with Gasteiger partial charge in [-0.2, -0.15) is 0 Å². The van der Waals surface area contributed by atoms with Crippen LogP contribution in [0.3, 0.4) is 0 Å². The standard InChI is InChI=1S/C22H36O9/c1-5-9-17(23)27-13-15(29-18(24)10-6-2)21-22(31-20(26)12-8-4)16(14-28-21)30-19(25)11-7-3/h15-16,21-22H,5-14H2,1-4H3/t15-,16+,21-,22-/m1/s1. The number of carbonyl (C=O) groups excluding carboxylic acids is 4. The molecule has 0 aromatic rings. The summed E-state index contributed by atoms with van der Waals surface area (Å²) in [5, 5.41) is 0. The number of carbonyl (C=O) groups is 4. The largest absolute Gasteiger partial charge is 0.462 e. The fourth-order valence-corrected chi connectivity index (χ4v) is 3.10. The fraction of sp³-hybridized carbons (Fsp3) is 0.818. The molecule has 31 heavy (non-hydrogen) atoms. The third kappa shape index (κ3) is 9.67.